The van der Waals surface area contributed by atoms with Crippen molar-refractivity contribution in [2.75, 3.05) is 0 Å². The van der Waals surface area contributed by atoms with Crippen LogP contribution >= 0.6 is 0 Å². The summed E-state index contributed by atoms with van der Waals surface area (Å²) in [5.74, 6) is -0.282. The van der Waals surface area contributed by atoms with Crippen LogP contribution in [0.4, 0.5) is 0 Å². The van der Waals surface area contributed by atoms with Crippen molar-refractivity contribution in [1.82, 2.24) is 0 Å². The van der Waals surface area contributed by atoms with Crippen molar-refractivity contribution in [1.29, 1.82) is 0 Å². The lowest BCUT2D eigenvalue weighted by molar-refractivity contribution is -0.174. The molecule has 1 saturated carbocycles. The smallest absolute Gasteiger partial charge is 0.303 e. The Hall–Kier alpha value is -1.91. The molecule has 0 spiro atoms. The second-order valence-corrected chi connectivity index (χ2v) is 9.72. The second kappa shape index (κ2) is 8.08. The fourth-order valence-electron chi connectivity index (χ4n) is 5.57. The zero-order valence-electron chi connectivity index (χ0n) is 19.0. The van der Waals surface area contributed by atoms with Gasteiger partial charge < -0.3 is 9.47 Å². The first-order valence-corrected chi connectivity index (χ1v) is 10.5. The summed E-state index contributed by atoms with van der Waals surface area (Å²) < 4.78 is 11.3. The van der Waals surface area contributed by atoms with Gasteiger partial charge in [0.25, 0.3) is 0 Å². The first kappa shape index (κ1) is 23.4. The zero-order chi connectivity index (χ0) is 22.2. The van der Waals surface area contributed by atoms with Crippen molar-refractivity contribution in [3.05, 3.63) is 24.3 Å². The Bertz CT molecular complexity index is 738. The van der Waals surface area contributed by atoms with Gasteiger partial charge in [0.15, 0.2) is 5.78 Å². The van der Waals surface area contributed by atoms with E-state index in [1.807, 2.05) is 13.8 Å². The van der Waals surface area contributed by atoms with E-state index in [0.717, 1.165) is 12.0 Å². The summed E-state index contributed by atoms with van der Waals surface area (Å²) in [7, 11) is 0. The number of esters is 2. The molecule has 5 nitrogen and oxygen atoms in total. The number of allylic oxidation sites excluding steroid dienone is 2. The molecule has 0 unspecified atom stereocenters. The van der Waals surface area contributed by atoms with E-state index in [1.165, 1.54) is 13.8 Å². The lowest BCUT2D eigenvalue weighted by atomic mass is 9.46. The van der Waals surface area contributed by atoms with E-state index in [0.29, 0.717) is 19.3 Å². The van der Waals surface area contributed by atoms with Gasteiger partial charge in [-0.25, -0.2) is 0 Å². The van der Waals surface area contributed by atoms with E-state index in [2.05, 4.69) is 27.4 Å². The lowest BCUT2D eigenvalue weighted by Crippen LogP contribution is -2.57. The molecule has 0 saturated heterocycles. The van der Waals surface area contributed by atoms with Crippen molar-refractivity contribution in [3.63, 3.8) is 0 Å². The summed E-state index contributed by atoms with van der Waals surface area (Å²) in [6.45, 7) is 17.1. The molecule has 0 aromatic rings. The van der Waals surface area contributed by atoms with E-state index >= 15 is 0 Å². The van der Waals surface area contributed by atoms with Crippen LogP contribution in [0.2, 0.25) is 0 Å². The average Bonchev–Trinajstić information content (AvgIpc) is 2.60. The SMILES string of the molecule is C=C[C@](C)(CC[C@]1(C)[C@H](C)[C@H](OC(C)=O)C[C@]2(C)C(C)=CC(=O)C[C@H]12)OC(C)=O. The number of hydrogen-bond acceptors (Lipinski definition) is 5. The highest BCUT2D eigenvalue weighted by molar-refractivity contribution is 5.92. The van der Waals surface area contributed by atoms with E-state index in [4.69, 9.17) is 9.47 Å². The van der Waals surface area contributed by atoms with Crippen LogP contribution in [0.25, 0.3) is 0 Å². The summed E-state index contributed by atoms with van der Waals surface area (Å²) in [6, 6.07) is 0. The predicted molar refractivity (Wildman–Crippen MR) is 112 cm³/mol. The molecule has 6 atom stereocenters. The monoisotopic (exact) mass is 404 g/mol. The van der Waals surface area contributed by atoms with E-state index in [-0.39, 0.29) is 46.5 Å². The van der Waals surface area contributed by atoms with Gasteiger partial charge in [0.1, 0.15) is 11.7 Å². The molecule has 29 heavy (non-hydrogen) atoms. The molecule has 0 heterocycles. The molecule has 0 radical (unpaired) electrons. The van der Waals surface area contributed by atoms with Crippen LogP contribution in [-0.2, 0) is 23.9 Å². The number of hydrogen-bond donors (Lipinski definition) is 0. The maximum absolute atomic E-state index is 12.5. The van der Waals surface area contributed by atoms with Gasteiger partial charge in [-0.2, -0.15) is 0 Å². The molecule has 0 N–H and O–H groups in total. The maximum atomic E-state index is 12.5. The number of ketones is 1. The Morgan fingerprint density at radius 1 is 1.31 bits per heavy atom. The van der Waals surface area contributed by atoms with E-state index < -0.39 is 5.60 Å². The van der Waals surface area contributed by atoms with Gasteiger partial charge in [-0.1, -0.05) is 32.9 Å². The lowest BCUT2D eigenvalue weighted by Gasteiger charge is -2.59. The summed E-state index contributed by atoms with van der Waals surface area (Å²) in [5.41, 5.74) is -0.215. The normalized spacial score (nSPS) is 36.3. The van der Waals surface area contributed by atoms with Gasteiger partial charge in [0.2, 0.25) is 0 Å². The van der Waals surface area contributed by atoms with Gasteiger partial charge in [-0.05, 0) is 67.9 Å². The van der Waals surface area contributed by atoms with Crippen molar-refractivity contribution >= 4 is 17.7 Å². The van der Waals surface area contributed by atoms with Gasteiger partial charge >= 0.3 is 11.9 Å². The topological polar surface area (TPSA) is 69.7 Å². The third-order valence-corrected chi connectivity index (χ3v) is 7.76. The van der Waals surface area contributed by atoms with Crippen molar-refractivity contribution in [3.8, 4) is 0 Å². The molecule has 1 fully saturated rings. The number of carbonyl (C=O) groups excluding carboxylic acids is 3. The Morgan fingerprint density at radius 2 is 1.93 bits per heavy atom. The number of fused-ring (bicyclic) bond motifs is 1. The minimum atomic E-state index is -0.775. The second-order valence-electron chi connectivity index (χ2n) is 9.72. The Labute approximate surface area is 174 Å². The number of rotatable bonds is 6. The van der Waals surface area contributed by atoms with Crippen molar-refractivity contribution in [2.24, 2.45) is 22.7 Å². The van der Waals surface area contributed by atoms with E-state index in [1.54, 1.807) is 12.2 Å². The molecule has 0 aromatic heterocycles. The first-order chi connectivity index (χ1) is 13.3. The first-order valence-electron chi connectivity index (χ1n) is 10.5. The molecule has 0 bridgehead atoms. The highest BCUT2D eigenvalue weighted by Crippen LogP contribution is 2.62. The highest BCUT2D eigenvalue weighted by atomic mass is 16.6. The molecule has 2 aliphatic rings. The minimum Gasteiger partial charge on any atom is -0.462 e. The Balaban J connectivity index is 2.45. The summed E-state index contributed by atoms with van der Waals surface area (Å²) in [5, 5.41) is 0. The molecule has 0 aromatic carbocycles. The summed E-state index contributed by atoms with van der Waals surface area (Å²) >= 11 is 0. The molecule has 2 aliphatic carbocycles. The number of ether oxygens (including phenoxy) is 2. The quantitative estimate of drug-likeness (QED) is 0.470. The number of carbonyl (C=O) groups is 3. The molecule has 2 rings (SSSR count). The fraction of sp³-hybridized carbons (Fsp3) is 0.708. The Morgan fingerprint density at radius 3 is 2.45 bits per heavy atom. The third-order valence-electron chi connectivity index (χ3n) is 7.76. The molecular weight excluding hydrogens is 368 g/mol. The fourth-order valence-corrected chi connectivity index (χ4v) is 5.57. The van der Waals surface area contributed by atoms with Crippen LogP contribution in [0.1, 0.15) is 74.1 Å². The largest absolute Gasteiger partial charge is 0.462 e. The molecule has 5 heteroatoms. The van der Waals surface area contributed by atoms with Crippen LogP contribution in [0, 0.1) is 22.7 Å². The van der Waals surface area contributed by atoms with Gasteiger partial charge in [0.05, 0.1) is 0 Å². The predicted octanol–water partition coefficient (Wildman–Crippen LogP) is 4.79. The molecule has 162 valence electrons. The van der Waals surface area contributed by atoms with Crippen LogP contribution in [0.3, 0.4) is 0 Å². The van der Waals surface area contributed by atoms with Crippen LogP contribution < -0.4 is 0 Å². The minimum absolute atomic E-state index is 0.0644. The summed E-state index contributed by atoms with van der Waals surface area (Å²) in [6.07, 6.45) is 5.72. The van der Waals surface area contributed by atoms with Gasteiger partial charge in [-0.3, -0.25) is 14.4 Å². The zero-order valence-corrected chi connectivity index (χ0v) is 19.0. The molecular formula is C24H36O5. The van der Waals surface area contributed by atoms with Crippen molar-refractivity contribution in [2.45, 2.75) is 85.9 Å². The molecule has 0 amide bonds. The van der Waals surface area contributed by atoms with Crippen LogP contribution in [0.5, 0.6) is 0 Å². The average molecular weight is 405 g/mol. The van der Waals surface area contributed by atoms with Crippen molar-refractivity contribution < 1.29 is 23.9 Å². The maximum Gasteiger partial charge on any atom is 0.303 e. The van der Waals surface area contributed by atoms with E-state index in [9.17, 15) is 14.4 Å². The Kier molecular flexibility index (Phi) is 6.51. The van der Waals surface area contributed by atoms with Gasteiger partial charge in [0, 0.05) is 20.3 Å². The summed E-state index contributed by atoms with van der Waals surface area (Å²) in [4.78, 5) is 35.8. The standard InChI is InChI=1S/C24H36O5/c1-9-22(6,29-18(5)26)10-11-23(7)16(3)20(28-17(4)25)14-24(8)15(2)12-19(27)13-21(23)24/h9,12,16,20-21H,1,10-11,13-14H2,2-8H3/t16-,20-,21-,22-,23-,24-/m1/s1. The highest BCUT2D eigenvalue weighted by Gasteiger charge is 2.58. The van der Waals surface area contributed by atoms with Crippen LogP contribution in [0.15, 0.2) is 24.3 Å². The van der Waals surface area contributed by atoms with Crippen LogP contribution in [-0.4, -0.2) is 29.4 Å². The van der Waals surface area contributed by atoms with Gasteiger partial charge in [-0.15, -0.1) is 0 Å². The molecule has 0 aliphatic heterocycles. The third kappa shape index (κ3) is 4.49.